The number of aromatic amines is 1. The molecular formula is C15H7F4NO2. The van der Waals surface area contributed by atoms with E-state index in [1.807, 2.05) is 0 Å². The predicted molar refractivity (Wildman–Crippen MR) is 69.9 cm³/mol. The third kappa shape index (κ3) is 1.82. The molecule has 1 aliphatic rings. The SMILES string of the molecule is Fc1ccc2[nH]c(F)c(-c3cccc4c3OC(F)(F)O4)c2c1. The summed E-state index contributed by atoms with van der Waals surface area (Å²) in [6, 6.07) is 7.78. The first kappa shape index (κ1) is 13.0. The van der Waals surface area contributed by atoms with E-state index < -0.39 is 18.1 Å². The van der Waals surface area contributed by atoms with E-state index in [9.17, 15) is 17.6 Å². The monoisotopic (exact) mass is 309 g/mol. The van der Waals surface area contributed by atoms with E-state index in [1.54, 1.807) is 0 Å². The molecule has 0 radical (unpaired) electrons. The topological polar surface area (TPSA) is 34.2 Å². The minimum Gasteiger partial charge on any atom is -0.395 e. The van der Waals surface area contributed by atoms with Crippen LogP contribution in [-0.2, 0) is 0 Å². The van der Waals surface area contributed by atoms with Crippen molar-refractivity contribution in [2.24, 2.45) is 0 Å². The molecule has 3 nitrogen and oxygen atoms in total. The summed E-state index contributed by atoms with van der Waals surface area (Å²) >= 11 is 0. The number of hydrogen-bond donors (Lipinski definition) is 1. The average molecular weight is 309 g/mol. The smallest absolute Gasteiger partial charge is 0.395 e. The van der Waals surface area contributed by atoms with E-state index in [2.05, 4.69) is 14.5 Å². The van der Waals surface area contributed by atoms with E-state index in [0.717, 1.165) is 6.07 Å². The molecule has 0 spiro atoms. The molecule has 0 saturated carbocycles. The summed E-state index contributed by atoms with van der Waals surface area (Å²) < 4.78 is 62.9. The maximum Gasteiger partial charge on any atom is 0.586 e. The molecule has 7 heteroatoms. The molecule has 22 heavy (non-hydrogen) atoms. The zero-order chi connectivity index (χ0) is 15.5. The van der Waals surface area contributed by atoms with Crippen LogP contribution in [0.25, 0.3) is 22.0 Å². The molecule has 0 atom stereocenters. The van der Waals surface area contributed by atoms with Gasteiger partial charge in [0.25, 0.3) is 0 Å². The molecule has 0 aliphatic carbocycles. The number of alkyl halides is 2. The van der Waals surface area contributed by atoms with Crippen LogP contribution in [0.15, 0.2) is 36.4 Å². The van der Waals surface area contributed by atoms with Crippen LogP contribution in [0.5, 0.6) is 11.5 Å². The summed E-state index contributed by atoms with van der Waals surface area (Å²) in [4.78, 5) is 2.45. The third-order valence-electron chi connectivity index (χ3n) is 3.41. The Labute approximate surface area is 121 Å². The number of para-hydroxylation sites is 1. The first-order valence-electron chi connectivity index (χ1n) is 6.30. The quantitative estimate of drug-likeness (QED) is 0.675. The summed E-state index contributed by atoms with van der Waals surface area (Å²) in [5.74, 6) is -1.82. The van der Waals surface area contributed by atoms with Gasteiger partial charge in [0.15, 0.2) is 17.4 Å². The standard InChI is InChI=1S/C15H7F4NO2/c16-7-4-5-10-9(6-7)12(14(17)20-10)8-2-1-3-11-13(8)22-15(18,19)21-11/h1-6,20H. The summed E-state index contributed by atoms with van der Waals surface area (Å²) in [7, 11) is 0. The Balaban J connectivity index is 2.00. The Kier molecular flexibility index (Phi) is 2.46. The second-order valence-electron chi connectivity index (χ2n) is 4.80. The molecule has 3 aromatic rings. The van der Waals surface area contributed by atoms with Crippen molar-refractivity contribution in [3.05, 3.63) is 48.2 Å². The fourth-order valence-corrected chi connectivity index (χ4v) is 2.56. The van der Waals surface area contributed by atoms with Gasteiger partial charge >= 0.3 is 6.29 Å². The van der Waals surface area contributed by atoms with Gasteiger partial charge in [-0.25, -0.2) is 4.39 Å². The average Bonchev–Trinajstić information content (AvgIpc) is 2.92. The van der Waals surface area contributed by atoms with Crippen molar-refractivity contribution in [3.8, 4) is 22.6 Å². The Bertz CT molecular complexity index is 904. The molecule has 1 N–H and O–H groups in total. The van der Waals surface area contributed by atoms with Crippen molar-refractivity contribution < 1.29 is 27.0 Å². The van der Waals surface area contributed by atoms with E-state index >= 15 is 0 Å². The lowest BCUT2D eigenvalue weighted by atomic mass is 10.0. The summed E-state index contributed by atoms with van der Waals surface area (Å²) in [5, 5.41) is 0.227. The van der Waals surface area contributed by atoms with Crippen molar-refractivity contribution >= 4 is 10.9 Å². The summed E-state index contributed by atoms with van der Waals surface area (Å²) in [6.45, 7) is 0. The summed E-state index contributed by atoms with van der Waals surface area (Å²) in [6.07, 6.45) is -3.81. The second-order valence-corrected chi connectivity index (χ2v) is 4.80. The van der Waals surface area contributed by atoms with E-state index in [1.165, 1.54) is 30.3 Å². The normalized spacial score (nSPS) is 15.5. The molecule has 0 fully saturated rings. The predicted octanol–water partition coefficient (Wildman–Crippen LogP) is 4.43. The van der Waals surface area contributed by atoms with Crippen LogP contribution in [-0.4, -0.2) is 11.3 Å². The maximum absolute atomic E-state index is 14.2. The third-order valence-corrected chi connectivity index (χ3v) is 3.41. The highest BCUT2D eigenvalue weighted by molar-refractivity contribution is 5.98. The van der Waals surface area contributed by atoms with Gasteiger partial charge in [-0.1, -0.05) is 12.1 Å². The van der Waals surface area contributed by atoms with E-state index in [0.29, 0.717) is 5.52 Å². The molecule has 0 unspecified atom stereocenters. The van der Waals surface area contributed by atoms with Gasteiger partial charge < -0.3 is 14.5 Å². The zero-order valence-corrected chi connectivity index (χ0v) is 10.8. The fraction of sp³-hybridized carbons (Fsp3) is 0.0667. The van der Waals surface area contributed by atoms with Gasteiger partial charge in [0.2, 0.25) is 0 Å². The van der Waals surface area contributed by atoms with Gasteiger partial charge in [0.05, 0.1) is 0 Å². The molecule has 1 aromatic heterocycles. The molecule has 112 valence electrons. The molecule has 2 aromatic carbocycles. The van der Waals surface area contributed by atoms with Crippen molar-refractivity contribution in [2.45, 2.75) is 6.29 Å². The Morgan fingerprint density at radius 1 is 1.00 bits per heavy atom. The number of ether oxygens (including phenoxy) is 2. The lowest BCUT2D eigenvalue weighted by molar-refractivity contribution is -0.286. The van der Waals surface area contributed by atoms with E-state index in [-0.39, 0.29) is 28.0 Å². The van der Waals surface area contributed by atoms with Gasteiger partial charge in [-0.05, 0) is 24.3 Å². The minimum atomic E-state index is -3.81. The number of aromatic nitrogens is 1. The van der Waals surface area contributed by atoms with Crippen molar-refractivity contribution in [2.75, 3.05) is 0 Å². The number of hydrogen-bond acceptors (Lipinski definition) is 2. The van der Waals surface area contributed by atoms with E-state index in [4.69, 9.17) is 0 Å². The Morgan fingerprint density at radius 3 is 2.64 bits per heavy atom. The maximum atomic E-state index is 14.2. The molecule has 0 bridgehead atoms. The molecule has 4 rings (SSSR count). The highest BCUT2D eigenvalue weighted by Crippen LogP contribution is 2.48. The van der Waals surface area contributed by atoms with Gasteiger partial charge in [-0.15, -0.1) is 8.78 Å². The van der Waals surface area contributed by atoms with Crippen LogP contribution in [0.3, 0.4) is 0 Å². The molecule has 0 saturated heterocycles. The lowest BCUT2D eigenvalue weighted by Crippen LogP contribution is -2.26. The van der Waals surface area contributed by atoms with Gasteiger partial charge in [-0.3, -0.25) is 0 Å². The fourth-order valence-electron chi connectivity index (χ4n) is 2.56. The summed E-state index contributed by atoms with van der Waals surface area (Å²) in [5.41, 5.74) is 0.355. The highest BCUT2D eigenvalue weighted by Gasteiger charge is 2.45. The number of halogens is 4. The van der Waals surface area contributed by atoms with Crippen LogP contribution in [0.1, 0.15) is 0 Å². The number of fused-ring (bicyclic) bond motifs is 2. The molecule has 1 aliphatic heterocycles. The Morgan fingerprint density at radius 2 is 1.82 bits per heavy atom. The number of nitrogens with one attached hydrogen (secondary N) is 1. The van der Waals surface area contributed by atoms with Gasteiger partial charge in [0, 0.05) is 22.0 Å². The minimum absolute atomic E-state index is 0.0485. The van der Waals surface area contributed by atoms with Crippen LogP contribution >= 0.6 is 0 Å². The largest absolute Gasteiger partial charge is 0.586 e. The first-order valence-corrected chi connectivity index (χ1v) is 6.30. The van der Waals surface area contributed by atoms with Crippen LogP contribution < -0.4 is 9.47 Å². The molecule has 2 heterocycles. The first-order chi connectivity index (χ1) is 10.4. The second kappa shape index (κ2) is 4.16. The Hall–Kier alpha value is -2.70. The number of H-pyrrole nitrogens is 1. The number of rotatable bonds is 1. The van der Waals surface area contributed by atoms with Crippen LogP contribution in [0.2, 0.25) is 0 Å². The van der Waals surface area contributed by atoms with Gasteiger partial charge in [0.1, 0.15) is 5.82 Å². The number of benzene rings is 2. The van der Waals surface area contributed by atoms with Crippen LogP contribution in [0.4, 0.5) is 17.6 Å². The van der Waals surface area contributed by atoms with Crippen molar-refractivity contribution in [3.63, 3.8) is 0 Å². The zero-order valence-electron chi connectivity index (χ0n) is 10.8. The highest BCUT2D eigenvalue weighted by atomic mass is 19.3. The van der Waals surface area contributed by atoms with Gasteiger partial charge in [-0.2, -0.15) is 4.39 Å². The lowest BCUT2D eigenvalue weighted by Gasteiger charge is -2.07. The molecule has 0 amide bonds. The van der Waals surface area contributed by atoms with Crippen LogP contribution in [0, 0.1) is 11.8 Å². The molecular weight excluding hydrogens is 302 g/mol. The van der Waals surface area contributed by atoms with Crippen molar-refractivity contribution in [1.29, 1.82) is 0 Å². The van der Waals surface area contributed by atoms with Crippen molar-refractivity contribution in [1.82, 2.24) is 4.98 Å².